The van der Waals surface area contributed by atoms with Crippen LogP contribution in [0.5, 0.6) is 5.75 Å². The largest absolute Gasteiger partial charge is 0.481 e. The summed E-state index contributed by atoms with van der Waals surface area (Å²) in [5.41, 5.74) is 5.54. The van der Waals surface area contributed by atoms with Gasteiger partial charge >= 0.3 is 0 Å². The zero-order valence-corrected chi connectivity index (χ0v) is 15.5. The second-order valence-corrected chi connectivity index (χ2v) is 6.95. The number of aromatic nitrogens is 2. The van der Waals surface area contributed by atoms with Crippen LogP contribution in [0.1, 0.15) is 43.9 Å². The first-order valence-corrected chi connectivity index (χ1v) is 8.15. The lowest BCUT2D eigenvalue weighted by molar-refractivity contribution is -0.128. The van der Waals surface area contributed by atoms with Gasteiger partial charge in [0.25, 0.3) is 11.8 Å². The number of halogens is 1. The van der Waals surface area contributed by atoms with Crippen molar-refractivity contribution in [2.24, 2.45) is 7.05 Å². The van der Waals surface area contributed by atoms with E-state index in [0.29, 0.717) is 11.4 Å². The highest BCUT2D eigenvalue weighted by Gasteiger charge is 2.22. The van der Waals surface area contributed by atoms with Crippen LogP contribution in [0.3, 0.4) is 0 Å². The predicted octanol–water partition coefficient (Wildman–Crippen LogP) is 2.09. The topological polar surface area (TPSA) is 85.2 Å². The highest BCUT2D eigenvalue weighted by atomic mass is 19.1. The number of nitrogens with one attached hydrogen (secondary N) is 2. The molecular weight excluding hydrogens is 339 g/mol. The highest BCUT2D eigenvalue weighted by Crippen LogP contribution is 2.21. The summed E-state index contributed by atoms with van der Waals surface area (Å²) in [4.78, 5) is 24.3. The first-order chi connectivity index (χ1) is 12.1. The number of hydrogen-bond donors (Lipinski definition) is 2. The van der Waals surface area contributed by atoms with Gasteiger partial charge in [-0.3, -0.25) is 25.1 Å². The lowest BCUT2D eigenvalue weighted by Gasteiger charge is -2.15. The van der Waals surface area contributed by atoms with Gasteiger partial charge in [0.05, 0.1) is 5.69 Å². The minimum Gasteiger partial charge on any atom is -0.481 e. The zero-order valence-electron chi connectivity index (χ0n) is 15.5. The van der Waals surface area contributed by atoms with Gasteiger partial charge in [-0.1, -0.05) is 20.8 Å². The summed E-state index contributed by atoms with van der Waals surface area (Å²) in [5.74, 6) is -1.08. The summed E-state index contributed by atoms with van der Waals surface area (Å²) in [6.07, 6.45) is -0.877. The predicted molar refractivity (Wildman–Crippen MR) is 94.0 cm³/mol. The molecule has 1 heterocycles. The van der Waals surface area contributed by atoms with E-state index in [1.807, 2.05) is 20.8 Å². The van der Waals surface area contributed by atoms with Crippen LogP contribution in [0.2, 0.25) is 0 Å². The van der Waals surface area contributed by atoms with Gasteiger partial charge in [0.15, 0.2) is 6.10 Å². The summed E-state index contributed by atoms with van der Waals surface area (Å²) >= 11 is 0. The van der Waals surface area contributed by atoms with Crippen molar-refractivity contribution in [2.45, 2.75) is 39.2 Å². The van der Waals surface area contributed by atoms with E-state index < -0.39 is 23.7 Å². The maximum atomic E-state index is 12.9. The summed E-state index contributed by atoms with van der Waals surface area (Å²) < 4.78 is 19.7. The number of aryl methyl sites for hydroxylation is 1. The molecule has 2 amide bonds. The van der Waals surface area contributed by atoms with Crippen molar-refractivity contribution in [3.05, 3.63) is 47.5 Å². The van der Waals surface area contributed by atoms with Crippen LogP contribution in [0.4, 0.5) is 4.39 Å². The number of hydrogen-bond acceptors (Lipinski definition) is 4. The van der Waals surface area contributed by atoms with Crippen molar-refractivity contribution in [2.75, 3.05) is 0 Å². The molecule has 2 N–H and O–H groups in total. The van der Waals surface area contributed by atoms with Gasteiger partial charge in [-0.05, 0) is 37.3 Å². The molecule has 0 aliphatic rings. The fraction of sp³-hybridized carbons (Fsp3) is 0.389. The van der Waals surface area contributed by atoms with Crippen LogP contribution in [0.15, 0.2) is 30.3 Å². The number of benzene rings is 1. The molecule has 0 bridgehead atoms. The number of hydrazine groups is 1. The molecule has 1 unspecified atom stereocenters. The molecule has 2 rings (SSSR count). The Labute approximate surface area is 151 Å². The molecule has 1 aromatic carbocycles. The summed E-state index contributed by atoms with van der Waals surface area (Å²) in [6, 6.07) is 6.98. The number of carbonyl (C=O) groups is 2. The molecule has 1 aromatic heterocycles. The molecule has 140 valence electrons. The Morgan fingerprint density at radius 3 is 2.35 bits per heavy atom. The van der Waals surface area contributed by atoms with Crippen molar-refractivity contribution in [1.82, 2.24) is 20.6 Å². The Balaban J connectivity index is 1.93. The Hall–Kier alpha value is -2.90. The van der Waals surface area contributed by atoms with E-state index in [1.54, 1.807) is 13.1 Å². The van der Waals surface area contributed by atoms with Gasteiger partial charge in [0.1, 0.15) is 17.3 Å². The van der Waals surface area contributed by atoms with Crippen molar-refractivity contribution in [3.8, 4) is 5.75 Å². The van der Waals surface area contributed by atoms with Crippen LogP contribution in [0, 0.1) is 5.82 Å². The standard InChI is InChI=1S/C18H23FN4O3/c1-11(26-13-8-6-12(19)7-9-13)16(24)20-21-17(25)14-10-15(18(2,3)4)22-23(14)5/h6-11H,1-5H3,(H,20,24)(H,21,25). The number of carbonyl (C=O) groups excluding carboxylic acids is 2. The normalized spacial score (nSPS) is 12.4. The molecule has 8 heteroatoms. The third-order valence-electron chi connectivity index (χ3n) is 3.68. The van der Waals surface area contributed by atoms with Crippen LogP contribution < -0.4 is 15.6 Å². The Morgan fingerprint density at radius 2 is 1.81 bits per heavy atom. The molecule has 0 aliphatic heterocycles. The van der Waals surface area contributed by atoms with Gasteiger partial charge in [0.2, 0.25) is 0 Å². The number of amides is 2. The fourth-order valence-corrected chi connectivity index (χ4v) is 2.10. The van der Waals surface area contributed by atoms with E-state index in [-0.39, 0.29) is 5.41 Å². The first-order valence-electron chi connectivity index (χ1n) is 8.15. The summed E-state index contributed by atoms with van der Waals surface area (Å²) in [6.45, 7) is 7.50. The van der Waals surface area contributed by atoms with Gasteiger partial charge in [0, 0.05) is 12.5 Å². The number of ether oxygens (including phenoxy) is 1. The van der Waals surface area contributed by atoms with Gasteiger partial charge in [-0.25, -0.2) is 4.39 Å². The van der Waals surface area contributed by atoms with Gasteiger partial charge < -0.3 is 4.74 Å². The molecule has 0 aliphatic carbocycles. The molecule has 0 radical (unpaired) electrons. The number of rotatable bonds is 4. The van der Waals surface area contributed by atoms with Crippen molar-refractivity contribution < 1.29 is 18.7 Å². The minimum absolute atomic E-state index is 0.197. The SMILES string of the molecule is CC(Oc1ccc(F)cc1)C(=O)NNC(=O)c1cc(C(C)(C)C)nn1C. The Morgan fingerprint density at radius 1 is 1.19 bits per heavy atom. The molecule has 0 saturated heterocycles. The monoisotopic (exact) mass is 362 g/mol. The summed E-state index contributed by atoms with van der Waals surface area (Å²) in [5, 5.41) is 4.32. The van der Waals surface area contributed by atoms with E-state index in [2.05, 4.69) is 16.0 Å². The van der Waals surface area contributed by atoms with Crippen molar-refractivity contribution in [1.29, 1.82) is 0 Å². The van der Waals surface area contributed by atoms with Crippen LogP contribution in [-0.4, -0.2) is 27.7 Å². The molecule has 1 atom stereocenters. The van der Waals surface area contributed by atoms with Crippen molar-refractivity contribution in [3.63, 3.8) is 0 Å². The lowest BCUT2D eigenvalue weighted by atomic mass is 9.92. The molecule has 0 saturated carbocycles. The van der Waals surface area contributed by atoms with E-state index in [1.165, 1.54) is 35.9 Å². The van der Waals surface area contributed by atoms with Crippen LogP contribution in [0.25, 0.3) is 0 Å². The molecule has 26 heavy (non-hydrogen) atoms. The van der Waals surface area contributed by atoms with Crippen LogP contribution in [-0.2, 0) is 17.3 Å². The third-order valence-corrected chi connectivity index (χ3v) is 3.68. The van der Waals surface area contributed by atoms with Crippen molar-refractivity contribution >= 4 is 11.8 Å². The van der Waals surface area contributed by atoms with Crippen LogP contribution >= 0.6 is 0 Å². The maximum Gasteiger partial charge on any atom is 0.287 e. The van der Waals surface area contributed by atoms with E-state index >= 15 is 0 Å². The number of nitrogens with zero attached hydrogens (tertiary/aromatic N) is 2. The average Bonchev–Trinajstić information content (AvgIpc) is 2.96. The molecule has 0 fully saturated rings. The van der Waals surface area contributed by atoms with E-state index in [4.69, 9.17) is 4.74 Å². The second-order valence-electron chi connectivity index (χ2n) is 6.95. The van der Waals surface area contributed by atoms with Gasteiger partial charge in [-0.15, -0.1) is 0 Å². The first kappa shape index (κ1) is 19.4. The van der Waals surface area contributed by atoms with Gasteiger partial charge in [-0.2, -0.15) is 5.10 Å². The molecule has 7 nitrogen and oxygen atoms in total. The Kier molecular flexibility index (Phi) is 5.64. The molecular formula is C18H23FN4O3. The summed E-state index contributed by atoms with van der Waals surface area (Å²) in [7, 11) is 1.66. The van der Waals surface area contributed by atoms with E-state index in [0.717, 1.165) is 5.69 Å². The molecule has 2 aromatic rings. The molecule has 0 spiro atoms. The smallest absolute Gasteiger partial charge is 0.287 e. The second kappa shape index (κ2) is 7.55. The minimum atomic E-state index is -0.877. The van der Waals surface area contributed by atoms with E-state index in [9.17, 15) is 14.0 Å². The quantitative estimate of drug-likeness (QED) is 0.816. The zero-order chi connectivity index (χ0) is 19.5. The highest BCUT2D eigenvalue weighted by molar-refractivity contribution is 5.94. The maximum absolute atomic E-state index is 12.9. The third kappa shape index (κ3) is 4.81. The average molecular weight is 362 g/mol. The lowest BCUT2D eigenvalue weighted by Crippen LogP contribution is -2.47. The Bertz CT molecular complexity index is 794. The fourth-order valence-electron chi connectivity index (χ4n) is 2.10.